The first-order valence-corrected chi connectivity index (χ1v) is 9.34. The summed E-state index contributed by atoms with van der Waals surface area (Å²) in [6, 6.07) is 12.7. The number of nitrogens with zero attached hydrogens (tertiary/aromatic N) is 4. The normalized spacial score (nSPS) is 16.2. The van der Waals surface area contributed by atoms with E-state index < -0.39 is 6.04 Å². The fourth-order valence-electron chi connectivity index (χ4n) is 3.44. The molecular formula is C21H20FN5O2. The van der Waals surface area contributed by atoms with Gasteiger partial charge in [0.15, 0.2) is 0 Å². The number of rotatable bonds is 6. The van der Waals surface area contributed by atoms with Crippen molar-refractivity contribution in [3.63, 3.8) is 0 Å². The van der Waals surface area contributed by atoms with Crippen molar-refractivity contribution in [2.45, 2.75) is 25.6 Å². The summed E-state index contributed by atoms with van der Waals surface area (Å²) in [5.74, 6) is -0.727. The van der Waals surface area contributed by atoms with Crippen molar-refractivity contribution in [3.8, 4) is 0 Å². The molecule has 0 saturated carbocycles. The molecule has 8 heteroatoms. The summed E-state index contributed by atoms with van der Waals surface area (Å²) in [5.41, 5.74) is 2.15. The number of halogens is 1. The van der Waals surface area contributed by atoms with Crippen molar-refractivity contribution >= 4 is 11.8 Å². The van der Waals surface area contributed by atoms with E-state index in [1.807, 2.05) is 12.1 Å². The van der Waals surface area contributed by atoms with Crippen LogP contribution in [-0.4, -0.2) is 44.1 Å². The maximum Gasteiger partial charge on any atom is 0.252 e. The third-order valence-corrected chi connectivity index (χ3v) is 4.95. The van der Waals surface area contributed by atoms with Gasteiger partial charge >= 0.3 is 0 Å². The molecule has 1 aliphatic heterocycles. The van der Waals surface area contributed by atoms with E-state index in [0.29, 0.717) is 31.6 Å². The first-order valence-electron chi connectivity index (χ1n) is 9.34. The van der Waals surface area contributed by atoms with Gasteiger partial charge in [-0.25, -0.2) is 14.1 Å². The molecule has 1 aliphatic rings. The highest BCUT2D eigenvalue weighted by Crippen LogP contribution is 2.17. The highest BCUT2D eigenvalue weighted by molar-refractivity contribution is 5.99. The highest BCUT2D eigenvalue weighted by Gasteiger charge is 2.33. The maximum atomic E-state index is 13.1. The summed E-state index contributed by atoms with van der Waals surface area (Å²) in [7, 11) is 0. The number of hydrogen-bond acceptors (Lipinski definition) is 4. The second-order valence-electron chi connectivity index (χ2n) is 6.95. The summed E-state index contributed by atoms with van der Waals surface area (Å²) in [6.45, 7) is 1.36. The summed E-state index contributed by atoms with van der Waals surface area (Å²) in [5, 5.41) is 6.93. The van der Waals surface area contributed by atoms with Gasteiger partial charge in [0, 0.05) is 18.7 Å². The second-order valence-corrected chi connectivity index (χ2v) is 6.95. The molecule has 1 aromatic heterocycles. The summed E-state index contributed by atoms with van der Waals surface area (Å²) < 4.78 is 14.7. The third kappa shape index (κ3) is 4.31. The van der Waals surface area contributed by atoms with Crippen molar-refractivity contribution < 1.29 is 14.0 Å². The lowest BCUT2D eigenvalue weighted by molar-refractivity contribution is -0.129. The quantitative estimate of drug-likeness (QED) is 0.695. The molecule has 1 fully saturated rings. The van der Waals surface area contributed by atoms with E-state index in [2.05, 4.69) is 15.4 Å². The lowest BCUT2D eigenvalue weighted by atomic mass is 10.1. The van der Waals surface area contributed by atoms with E-state index >= 15 is 0 Å². The van der Waals surface area contributed by atoms with Crippen LogP contribution < -0.4 is 5.32 Å². The maximum absolute atomic E-state index is 13.1. The van der Waals surface area contributed by atoms with E-state index in [1.165, 1.54) is 18.5 Å². The van der Waals surface area contributed by atoms with Crippen molar-refractivity contribution in [3.05, 3.63) is 83.7 Å². The van der Waals surface area contributed by atoms with E-state index in [0.717, 1.165) is 11.1 Å². The molecule has 1 atom stereocenters. The van der Waals surface area contributed by atoms with Gasteiger partial charge < -0.3 is 10.2 Å². The van der Waals surface area contributed by atoms with Crippen LogP contribution in [0.15, 0.2) is 61.2 Å². The third-order valence-electron chi connectivity index (χ3n) is 4.95. The molecule has 1 N–H and O–H groups in total. The Balaban J connectivity index is 1.41. The van der Waals surface area contributed by atoms with Crippen molar-refractivity contribution in [2.24, 2.45) is 0 Å². The minimum Gasteiger partial charge on any atom is -0.340 e. The van der Waals surface area contributed by atoms with Crippen LogP contribution in [0.25, 0.3) is 0 Å². The molecule has 3 aromatic rings. The second kappa shape index (κ2) is 8.22. The molecule has 2 aromatic carbocycles. The van der Waals surface area contributed by atoms with Gasteiger partial charge in [-0.2, -0.15) is 5.10 Å². The van der Waals surface area contributed by atoms with Crippen LogP contribution in [0, 0.1) is 5.82 Å². The molecule has 0 radical (unpaired) electrons. The fraction of sp³-hybridized carbons (Fsp3) is 0.238. The van der Waals surface area contributed by atoms with Crippen LogP contribution in [0.1, 0.15) is 27.9 Å². The average Bonchev–Trinajstić information content (AvgIpc) is 3.35. The monoisotopic (exact) mass is 393 g/mol. The average molecular weight is 393 g/mol. The molecule has 1 unspecified atom stereocenters. The number of hydrogen-bond donors (Lipinski definition) is 1. The van der Waals surface area contributed by atoms with Crippen molar-refractivity contribution in [1.29, 1.82) is 0 Å². The minimum absolute atomic E-state index is 0.128. The number of carbonyl (C=O) groups excluding carboxylic acids is 2. The Kier molecular flexibility index (Phi) is 5.33. The lowest BCUT2D eigenvalue weighted by Crippen LogP contribution is -2.41. The Morgan fingerprint density at radius 1 is 1.14 bits per heavy atom. The topological polar surface area (TPSA) is 80.1 Å². The van der Waals surface area contributed by atoms with Gasteiger partial charge in [0.1, 0.15) is 24.5 Å². The van der Waals surface area contributed by atoms with Gasteiger partial charge in [0.25, 0.3) is 5.91 Å². The van der Waals surface area contributed by atoms with Crippen LogP contribution >= 0.6 is 0 Å². The SMILES string of the molecule is O=C(NC1CCN(Cc2ccc(F)cc2)C1=O)c1ccccc1Cn1cncn1. The molecule has 0 spiro atoms. The first-order chi connectivity index (χ1) is 14.1. The Bertz CT molecular complexity index is 1000. The molecule has 4 rings (SSSR count). The van der Waals surface area contributed by atoms with Crippen LogP contribution in [-0.2, 0) is 17.9 Å². The van der Waals surface area contributed by atoms with E-state index in [-0.39, 0.29) is 17.6 Å². The number of nitrogens with one attached hydrogen (secondary N) is 1. The lowest BCUT2D eigenvalue weighted by Gasteiger charge is -2.18. The molecule has 1 saturated heterocycles. The standard InChI is InChI=1S/C21H20FN5O2/c22-17-7-5-15(6-8-17)11-26-10-9-19(21(26)29)25-20(28)18-4-2-1-3-16(18)12-27-14-23-13-24-27/h1-8,13-14,19H,9-12H2,(H,25,28). The predicted octanol–water partition coefficient (Wildman–Crippen LogP) is 2.00. The van der Waals surface area contributed by atoms with Gasteiger partial charge in [-0.05, 0) is 35.7 Å². The Morgan fingerprint density at radius 2 is 1.93 bits per heavy atom. The Morgan fingerprint density at radius 3 is 2.69 bits per heavy atom. The molecule has 7 nitrogen and oxygen atoms in total. The van der Waals surface area contributed by atoms with Crippen LogP contribution in [0.4, 0.5) is 4.39 Å². The van der Waals surface area contributed by atoms with Crippen molar-refractivity contribution in [1.82, 2.24) is 25.0 Å². The number of benzene rings is 2. The van der Waals surface area contributed by atoms with Crippen LogP contribution in [0.2, 0.25) is 0 Å². The van der Waals surface area contributed by atoms with Gasteiger partial charge in [-0.15, -0.1) is 0 Å². The zero-order valence-corrected chi connectivity index (χ0v) is 15.7. The van der Waals surface area contributed by atoms with Crippen LogP contribution in [0.3, 0.4) is 0 Å². The van der Waals surface area contributed by atoms with Crippen molar-refractivity contribution in [2.75, 3.05) is 6.54 Å². The number of amides is 2. The molecule has 0 aliphatic carbocycles. The molecular weight excluding hydrogens is 373 g/mol. The highest BCUT2D eigenvalue weighted by atomic mass is 19.1. The Labute approximate surface area is 167 Å². The minimum atomic E-state index is -0.567. The number of carbonyl (C=O) groups is 2. The molecule has 148 valence electrons. The van der Waals surface area contributed by atoms with E-state index in [4.69, 9.17) is 0 Å². The first kappa shape index (κ1) is 18.8. The molecule has 29 heavy (non-hydrogen) atoms. The van der Waals surface area contributed by atoms with Gasteiger partial charge in [-0.3, -0.25) is 9.59 Å². The van der Waals surface area contributed by atoms with Crippen LogP contribution in [0.5, 0.6) is 0 Å². The summed E-state index contributed by atoms with van der Waals surface area (Å²) >= 11 is 0. The molecule has 2 heterocycles. The fourth-order valence-corrected chi connectivity index (χ4v) is 3.44. The zero-order valence-electron chi connectivity index (χ0n) is 15.7. The van der Waals surface area contributed by atoms with Gasteiger partial charge in [-0.1, -0.05) is 30.3 Å². The molecule has 2 amide bonds. The number of likely N-dealkylation sites (tertiary alicyclic amines) is 1. The number of aromatic nitrogens is 3. The van der Waals surface area contributed by atoms with Gasteiger partial charge in [0.05, 0.1) is 6.54 Å². The largest absolute Gasteiger partial charge is 0.340 e. The van der Waals surface area contributed by atoms with Gasteiger partial charge in [0.2, 0.25) is 5.91 Å². The van der Waals surface area contributed by atoms with E-state index in [9.17, 15) is 14.0 Å². The zero-order chi connectivity index (χ0) is 20.2. The van der Waals surface area contributed by atoms with E-state index in [1.54, 1.807) is 40.2 Å². The summed E-state index contributed by atoms with van der Waals surface area (Å²) in [6.07, 6.45) is 3.56. The molecule has 0 bridgehead atoms. The smallest absolute Gasteiger partial charge is 0.252 e. The summed E-state index contributed by atoms with van der Waals surface area (Å²) in [4.78, 5) is 31.1. The predicted molar refractivity (Wildman–Crippen MR) is 103 cm³/mol. The Hall–Kier alpha value is -3.55.